The average molecular weight is 734 g/mol. The summed E-state index contributed by atoms with van der Waals surface area (Å²) in [6.07, 6.45) is 0. The molecule has 264 valence electrons. The lowest BCUT2D eigenvalue weighted by molar-refractivity contribution is 0.669. The molecule has 0 radical (unpaired) electrons. The van der Waals surface area contributed by atoms with Crippen molar-refractivity contribution in [1.29, 1.82) is 0 Å². The Kier molecular flexibility index (Phi) is 8.47. The van der Waals surface area contributed by atoms with Crippen molar-refractivity contribution >= 4 is 50.8 Å². The summed E-state index contributed by atoms with van der Waals surface area (Å²) < 4.78 is 6.65. The Morgan fingerprint density at radius 1 is 0.321 bits per heavy atom. The number of para-hydroxylation sites is 1. The van der Waals surface area contributed by atoms with Crippen molar-refractivity contribution in [1.82, 2.24) is 15.0 Å². The van der Waals surface area contributed by atoms with Gasteiger partial charge in [-0.25, -0.2) is 15.0 Å². The molecule has 0 saturated heterocycles. The number of hydrogen-bond acceptors (Lipinski definition) is 4. The summed E-state index contributed by atoms with van der Waals surface area (Å²) in [4.78, 5) is 15.2. The van der Waals surface area contributed by atoms with Crippen LogP contribution in [0.2, 0.25) is 0 Å². The zero-order valence-corrected chi connectivity index (χ0v) is 31.5. The maximum atomic E-state index is 6.65. The first-order chi connectivity index (χ1) is 27.8. The minimum atomic E-state index is -2.79. The van der Waals surface area contributed by atoms with Crippen LogP contribution in [0.25, 0.3) is 67.2 Å². The van der Waals surface area contributed by atoms with Gasteiger partial charge in [-0.2, -0.15) is 0 Å². The summed E-state index contributed by atoms with van der Waals surface area (Å²) >= 11 is 0. The number of benzene rings is 8. The topological polar surface area (TPSA) is 51.8 Å². The van der Waals surface area contributed by atoms with Crippen LogP contribution in [0.15, 0.2) is 217 Å². The third kappa shape index (κ3) is 5.82. The lowest BCUT2D eigenvalue weighted by atomic mass is 9.96. The number of rotatable bonds is 8. The molecule has 10 rings (SSSR count). The second-order valence-corrected chi connectivity index (χ2v) is 17.8. The lowest BCUT2D eigenvalue weighted by Gasteiger charge is -2.34. The van der Waals surface area contributed by atoms with E-state index in [2.05, 4.69) is 140 Å². The van der Waals surface area contributed by atoms with Crippen LogP contribution in [0.1, 0.15) is 0 Å². The molecule has 0 aliphatic heterocycles. The van der Waals surface area contributed by atoms with Crippen LogP contribution in [-0.4, -0.2) is 23.0 Å². The van der Waals surface area contributed by atoms with Crippen molar-refractivity contribution in [3.63, 3.8) is 0 Å². The van der Waals surface area contributed by atoms with E-state index < -0.39 is 8.07 Å². The van der Waals surface area contributed by atoms with E-state index in [1.807, 2.05) is 72.8 Å². The van der Waals surface area contributed by atoms with E-state index >= 15 is 0 Å². The second kappa shape index (κ2) is 14.2. The molecule has 10 aromatic rings. The van der Waals surface area contributed by atoms with Crippen molar-refractivity contribution in [2.24, 2.45) is 0 Å². The second-order valence-electron chi connectivity index (χ2n) is 14.0. The molecule has 0 fully saturated rings. The predicted octanol–water partition coefficient (Wildman–Crippen LogP) is 9.82. The van der Waals surface area contributed by atoms with Gasteiger partial charge in [-0.05, 0) is 50.1 Å². The zero-order chi connectivity index (χ0) is 37.3. The fraction of sp³-hybridized carbons (Fsp3) is 0. The molecule has 0 aliphatic rings. The van der Waals surface area contributed by atoms with Crippen LogP contribution in [0.5, 0.6) is 0 Å². The van der Waals surface area contributed by atoms with Gasteiger partial charge in [-0.15, -0.1) is 0 Å². The molecule has 0 unspecified atom stereocenters. The molecular weight excluding hydrogens is 699 g/mol. The number of aromatic nitrogens is 3. The molecule has 0 atom stereocenters. The standard InChI is InChI=1S/C51H35N3OSi/c1-6-19-36(20-7-1)49-52-50(37-21-8-2-9-22-37)54-51(53-49)39-34-45(48-44-31-16-17-32-46(44)55-47(48)35-39)38-23-18-30-43(33-38)56(40-24-10-3-11-25-40,41-26-12-4-13-27-41)42-28-14-5-15-29-42/h1-35H. The molecule has 2 aromatic heterocycles. The normalized spacial score (nSPS) is 11.6. The summed E-state index contributed by atoms with van der Waals surface area (Å²) in [6.45, 7) is 0. The summed E-state index contributed by atoms with van der Waals surface area (Å²) in [6, 6.07) is 75.1. The Morgan fingerprint density at radius 2 is 0.750 bits per heavy atom. The number of nitrogens with zero attached hydrogens (tertiary/aromatic N) is 3. The van der Waals surface area contributed by atoms with Gasteiger partial charge in [-0.1, -0.05) is 194 Å². The van der Waals surface area contributed by atoms with Crippen LogP contribution >= 0.6 is 0 Å². The Balaban J connectivity index is 1.25. The molecule has 56 heavy (non-hydrogen) atoms. The highest BCUT2D eigenvalue weighted by atomic mass is 28.3. The Hall–Kier alpha value is -7.21. The lowest BCUT2D eigenvalue weighted by Crippen LogP contribution is -2.74. The van der Waals surface area contributed by atoms with Crippen molar-refractivity contribution in [3.8, 4) is 45.3 Å². The summed E-state index contributed by atoms with van der Waals surface area (Å²) in [5.74, 6) is 1.82. The smallest absolute Gasteiger partial charge is 0.179 e. The quantitative estimate of drug-likeness (QED) is 0.115. The molecule has 4 nitrogen and oxygen atoms in total. The van der Waals surface area contributed by atoms with Crippen molar-refractivity contribution in [2.75, 3.05) is 0 Å². The number of furan rings is 1. The van der Waals surface area contributed by atoms with Gasteiger partial charge in [0.15, 0.2) is 25.5 Å². The first-order valence-corrected chi connectivity index (χ1v) is 20.9. The van der Waals surface area contributed by atoms with E-state index in [4.69, 9.17) is 19.4 Å². The average Bonchev–Trinajstić information content (AvgIpc) is 3.67. The summed E-state index contributed by atoms with van der Waals surface area (Å²) in [7, 11) is -2.79. The highest BCUT2D eigenvalue weighted by Crippen LogP contribution is 2.40. The van der Waals surface area contributed by atoms with Gasteiger partial charge in [-0.3, -0.25) is 0 Å². The van der Waals surface area contributed by atoms with Crippen molar-refractivity contribution < 1.29 is 4.42 Å². The number of hydrogen-bond donors (Lipinski definition) is 0. The predicted molar refractivity (Wildman–Crippen MR) is 232 cm³/mol. The zero-order valence-electron chi connectivity index (χ0n) is 30.5. The third-order valence-corrected chi connectivity index (χ3v) is 15.4. The van der Waals surface area contributed by atoms with Gasteiger partial charge in [0.2, 0.25) is 0 Å². The monoisotopic (exact) mass is 733 g/mol. The van der Waals surface area contributed by atoms with E-state index in [9.17, 15) is 0 Å². The molecule has 0 saturated carbocycles. The fourth-order valence-corrected chi connectivity index (χ4v) is 12.9. The molecule has 5 heteroatoms. The van der Waals surface area contributed by atoms with Gasteiger partial charge in [0.05, 0.1) is 0 Å². The van der Waals surface area contributed by atoms with Crippen molar-refractivity contribution in [3.05, 3.63) is 212 Å². The molecular formula is C51H35N3OSi. The highest BCUT2D eigenvalue weighted by molar-refractivity contribution is 7.19. The van der Waals surface area contributed by atoms with E-state index in [-0.39, 0.29) is 0 Å². The molecule has 0 aliphatic carbocycles. The maximum Gasteiger partial charge on any atom is 0.179 e. The largest absolute Gasteiger partial charge is 0.456 e. The van der Waals surface area contributed by atoms with E-state index in [1.165, 1.54) is 20.7 Å². The molecule has 0 amide bonds. The minimum absolute atomic E-state index is 0.582. The van der Waals surface area contributed by atoms with E-state index in [0.717, 1.165) is 49.8 Å². The van der Waals surface area contributed by atoms with Gasteiger partial charge >= 0.3 is 0 Å². The Morgan fingerprint density at radius 3 is 1.29 bits per heavy atom. The van der Waals surface area contributed by atoms with E-state index in [1.54, 1.807) is 0 Å². The Bertz CT molecular complexity index is 2800. The van der Waals surface area contributed by atoms with E-state index in [0.29, 0.717) is 17.5 Å². The van der Waals surface area contributed by atoms with Gasteiger partial charge in [0, 0.05) is 27.5 Å². The molecule has 8 aromatic carbocycles. The van der Waals surface area contributed by atoms with Crippen LogP contribution in [0.4, 0.5) is 0 Å². The van der Waals surface area contributed by atoms with Crippen LogP contribution in [0.3, 0.4) is 0 Å². The van der Waals surface area contributed by atoms with Crippen molar-refractivity contribution in [2.45, 2.75) is 0 Å². The summed E-state index contributed by atoms with van der Waals surface area (Å²) in [5, 5.41) is 7.41. The SMILES string of the molecule is c1ccc(-c2nc(-c3ccccc3)nc(-c3cc(-c4cccc([Si](c5ccccc5)(c5ccccc5)c5ccccc5)c4)c4c(c3)oc3ccccc34)n2)cc1. The third-order valence-electron chi connectivity index (χ3n) is 10.7. The fourth-order valence-electron chi connectivity index (χ4n) is 8.13. The van der Waals surface area contributed by atoms with Crippen LogP contribution in [0, 0.1) is 0 Å². The molecule has 0 N–H and O–H groups in total. The molecule has 0 bridgehead atoms. The van der Waals surface area contributed by atoms with Gasteiger partial charge in [0.1, 0.15) is 11.2 Å². The Labute approximate surface area is 326 Å². The number of fused-ring (bicyclic) bond motifs is 3. The van der Waals surface area contributed by atoms with Gasteiger partial charge in [0.25, 0.3) is 0 Å². The minimum Gasteiger partial charge on any atom is -0.456 e. The first kappa shape index (κ1) is 33.4. The molecule has 0 spiro atoms. The molecule has 2 heterocycles. The summed E-state index contributed by atoms with van der Waals surface area (Å²) in [5.41, 5.74) is 6.48. The van der Waals surface area contributed by atoms with Crippen LogP contribution in [-0.2, 0) is 0 Å². The highest BCUT2D eigenvalue weighted by Gasteiger charge is 2.41. The maximum absolute atomic E-state index is 6.65. The first-order valence-electron chi connectivity index (χ1n) is 18.9. The van der Waals surface area contributed by atoms with Crippen LogP contribution < -0.4 is 20.7 Å². The van der Waals surface area contributed by atoms with Gasteiger partial charge < -0.3 is 4.42 Å².